The molecular weight excluding hydrogens is 319 g/mol. The Bertz CT molecular complexity index is 666. The molecule has 0 bridgehead atoms. The van der Waals surface area contributed by atoms with Crippen molar-refractivity contribution < 1.29 is 4.79 Å². The fraction of sp³-hybridized carbons (Fsp3) is 0.235. The highest BCUT2D eigenvalue weighted by Crippen LogP contribution is 2.29. The van der Waals surface area contributed by atoms with Gasteiger partial charge >= 0.3 is 0 Å². The van der Waals surface area contributed by atoms with Crippen molar-refractivity contribution in [1.82, 2.24) is 0 Å². The van der Waals surface area contributed by atoms with E-state index in [1.54, 1.807) is 18.2 Å². The Morgan fingerprint density at radius 1 is 1.05 bits per heavy atom. The maximum Gasteiger partial charge on any atom is 0.226 e. The van der Waals surface area contributed by atoms with Crippen LogP contribution in [0.1, 0.15) is 17.5 Å². The number of benzene rings is 2. The van der Waals surface area contributed by atoms with Gasteiger partial charge in [0.25, 0.3) is 0 Å². The van der Waals surface area contributed by atoms with Crippen LogP contribution < -0.4 is 10.6 Å². The monoisotopic (exact) mass is 336 g/mol. The summed E-state index contributed by atoms with van der Waals surface area (Å²) < 4.78 is 0. The van der Waals surface area contributed by atoms with E-state index in [-0.39, 0.29) is 5.91 Å². The van der Waals surface area contributed by atoms with E-state index in [0.29, 0.717) is 28.7 Å². The number of carbonyl (C=O) groups excluding carboxylic acids is 1. The van der Waals surface area contributed by atoms with Gasteiger partial charge in [-0.2, -0.15) is 0 Å². The van der Waals surface area contributed by atoms with Crippen LogP contribution >= 0.6 is 23.2 Å². The molecule has 0 heterocycles. The van der Waals surface area contributed by atoms with Gasteiger partial charge in [-0.25, -0.2) is 0 Å². The first-order valence-corrected chi connectivity index (χ1v) is 7.78. The van der Waals surface area contributed by atoms with Crippen molar-refractivity contribution in [1.29, 1.82) is 0 Å². The minimum atomic E-state index is -0.132. The maximum atomic E-state index is 12.0. The van der Waals surface area contributed by atoms with Crippen LogP contribution in [0.25, 0.3) is 0 Å². The van der Waals surface area contributed by atoms with Crippen molar-refractivity contribution in [2.75, 3.05) is 17.2 Å². The third-order valence-electron chi connectivity index (χ3n) is 3.50. The molecule has 0 aromatic heterocycles. The molecule has 0 fully saturated rings. The molecule has 0 aliphatic rings. The highest BCUT2D eigenvalue weighted by Gasteiger charge is 2.09. The van der Waals surface area contributed by atoms with E-state index in [2.05, 4.69) is 30.5 Å². The van der Waals surface area contributed by atoms with Crippen LogP contribution in [0.15, 0.2) is 36.4 Å². The van der Waals surface area contributed by atoms with E-state index in [1.165, 1.54) is 11.1 Å². The van der Waals surface area contributed by atoms with E-state index < -0.39 is 0 Å². The zero-order valence-electron chi connectivity index (χ0n) is 12.5. The summed E-state index contributed by atoms with van der Waals surface area (Å²) in [5.74, 6) is -0.132. The molecule has 116 valence electrons. The summed E-state index contributed by atoms with van der Waals surface area (Å²) in [5, 5.41) is 6.89. The average molecular weight is 337 g/mol. The zero-order valence-corrected chi connectivity index (χ0v) is 14.1. The molecule has 0 spiro atoms. The van der Waals surface area contributed by atoms with Crippen molar-refractivity contribution in [2.24, 2.45) is 0 Å². The summed E-state index contributed by atoms with van der Waals surface area (Å²) >= 11 is 12.1. The summed E-state index contributed by atoms with van der Waals surface area (Å²) in [7, 11) is 0. The third kappa shape index (κ3) is 4.15. The molecule has 0 saturated carbocycles. The molecule has 2 aromatic carbocycles. The second-order valence-corrected chi connectivity index (χ2v) is 5.88. The number of halogens is 2. The summed E-state index contributed by atoms with van der Waals surface area (Å²) in [6, 6.07) is 11.2. The summed E-state index contributed by atoms with van der Waals surface area (Å²) in [4.78, 5) is 12.0. The fourth-order valence-electron chi connectivity index (χ4n) is 2.07. The molecule has 2 aromatic rings. The number of anilines is 2. The number of amides is 1. The van der Waals surface area contributed by atoms with Gasteiger partial charge in [0.05, 0.1) is 15.7 Å². The van der Waals surface area contributed by atoms with Crippen LogP contribution in [0.3, 0.4) is 0 Å². The number of hydrogen-bond donors (Lipinski definition) is 2. The standard InChI is InChI=1S/C17H18Cl2N2O/c1-11-5-3-8-15(12(11)2)20-10-9-16(22)21-17-13(18)6-4-7-14(17)19/h3-8,20H,9-10H2,1-2H3,(H,21,22). The Kier molecular flexibility index (Phi) is 5.69. The lowest BCUT2D eigenvalue weighted by Crippen LogP contribution is -2.17. The number of aryl methyl sites for hydroxylation is 1. The highest BCUT2D eigenvalue weighted by atomic mass is 35.5. The van der Waals surface area contributed by atoms with Crippen LogP contribution in [0.2, 0.25) is 10.0 Å². The fourth-order valence-corrected chi connectivity index (χ4v) is 2.56. The van der Waals surface area contributed by atoms with Gasteiger partial charge in [0.2, 0.25) is 5.91 Å². The van der Waals surface area contributed by atoms with E-state index in [0.717, 1.165) is 5.69 Å². The Morgan fingerprint density at radius 2 is 1.68 bits per heavy atom. The number of carbonyl (C=O) groups is 1. The molecule has 3 nitrogen and oxygen atoms in total. The van der Waals surface area contributed by atoms with Crippen LogP contribution in [-0.2, 0) is 4.79 Å². The average Bonchev–Trinajstić information content (AvgIpc) is 2.47. The molecule has 1 amide bonds. The first-order valence-electron chi connectivity index (χ1n) is 7.03. The van der Waals surface area contributed by atoms with E-state index >= 15 is 0 Å². The Labute approximate surface area is 140 Å². The molecule has 0 radical (unpaired) electrons. The van der Waals surface area contributed by atoms with E-state index in [4.69, 9.17) is 23.2 Å². The second kappa shape index (κ2) is 7.52. The van der Waals surface area contributed by atoms with Crippen LogP contribution in [0.4, 0.5) is 11.4 Å². The number of hydrogen-bond acceptors (Lipinski definition) is 2. The van der Waals surface area contributed by atoms with Gasteiger partial charge in [-0.1, -0.05) is 41.4 Å². The van der Waals surface area contributed by atoms with Gasteiger partial charge in [-0.15, -0.1) is 0 Å². The molecule has 0 aliphatic carbocycles. The van der Waals surface area contributed by atoms with Crippen molar-refractivity contribution in [3.8, 4) is 0 Å². The molecule has 0 unspecified atom stereocenters. The number of para-hydroxylation sites is 1. The quantitative estimate of drug-likeness (QED) is 0.801. The summed E-state index contributed by atoms with van der Waals surface area (Å²) in [6.45, 7) is 4.66. The zero-order chi connectivity index (χ0) is 16.1. The molecule has 0 saturated heterocycles. The molecular formula is C17H18Cl2N2O. The van der Waals surface area contributed by atoms with Crippen molar-refractivity contribution in [3.63, 3.8) is 0 Å². The topological polar surface area (TPSA) is 41.1 Å². The Balaban J connectivity index is 1.90. The SMILES string of the molecule is Cc1cccc(NCCC(=O)Nc2c(Cl)cccc2Cl)c1C. The van der Waals surface area contributed by atoms with Gasteiger partial charge in [0, 0.05) is 18.7 Å². The molecule has 2 N–H and O–H groups in total. The minimum absolute atomic E-state index is 0.132. The lowest BCUT2D eigenvalue weighted by molar-refractivity contribution is -0.115. The maximum absolute atomic E-state index is 12.0. The largest absolute Gasteiger partial charge is 0.384 e. The minimum Gasteiger partial charge on any atom is -0.384 e. The van der Waals surface area contributed by atoms with Gasteiger partial charge < -0.3 is 10.6 Å². The second-order valence-electron chi connectivity index (χ2n) is 5.07. The lowest BCUT2D eigenvalue weighted by atomic mass is 10.1. The molecule has 0 atom stereocenters. The Hall–Kier alpha value is -1.71. The smallest absolute Gasteiger partial charge is 0.226 e. The van der Waals surface area contributed by atoms with E-state index in [9.17, 15) is 4.79 Å². The predicted molar refractivity (Wildman–Crippen MR) is 94.1 cm³/mol. The molecule has 5 heteroatoms. The lowest BCUT2D eigenvalue weighted by Gasteiger charge is -2.12. The summed E-state index contributed by atoms with van der Waals surface area (Å²) in [5.41, 5.74) is 3.92. The van der Waals surface area contributed by atoms with E-state index in [1.807, 2.05) is 12.1 Å². The molecule has 22 heavy (non-hydrogen) atoms. The van der Waals surface area contributed by atoms with Gasteiger partial charge in [-0.05, 0) is 43.2 Å². The Morgan fingerprint density at radius 3 is 2.36 bits per heavy atom. The first kappa shape index (κ1) is 16.7. The summed E-state index contributed by atoms with van der Waals surface area (Å²) in [6.07, 6.45) is 0.328. The van der Waals surface area contributed by atoms with Crippen molar-refractivity contribution >= 4 is 40.5 Å². The molecule has 2 rings (SSSR count). The number of nitrogens with one attached hydrogen (secondary N) is 2. The van der Waals surface area contributed by atoms with Crippen molar-refractivity contribution in [3.05, 3.63) is 57.6 Å². The predicted octanol–water partition coefficient (Wildman–Crippen LogP) is 5.05. The van der Waals surface area contributed by atoms with Crippen LogP contribution in [0.5, 0.6) is 0 Å². The van der Waals surface area contributed by atoms with Crippen LogP contribution in [0, 0.1) is 13.8 Å². The van der Waals surface area contributed by atoms with Gasteiger partial charge in [-0.3, -0.25) is 4.79 Å². The molecule has 0 aliphatic heterocycles. The van der Waals surface area contributed by atoms with Gasteiger partial charge in [0.1, 0.15) is 0 Å². The number of rotatable bonds is 5. The normalized spacial score (nSPS) is 10.4. The first-order chi connectivity index (χ1) is 10.5. The van der Waals surface area contributed by atoms with Crippen molar-refractivity contribution in [2.45, 2.75) is 20.3 Å². The van der Waals surface area contributed by atoms with Crippen LogP contribution in [-0.4, -0.2) is 12.5 Å². The van der Waals surface area contributed by atoms with Gasteiger partial charge in [0.15, 0.2) is 0 Å². The third-order valence-corrected chi connectivity index (χ3v) is 4.13. The highest BCUT2D eigenvalue weighted by molar-refractivity contribution is 6.39.